The SMILES string of the molecule is CC(C)(C)n1nnnc1SCC(=O)Nc1nc2ccc(F)cc2s1. The molecule has 1 aromatic carbocycles. The highest BCUT2D eigenvalue weighted by atomic mass is 32.2. The molecule has 126 valence electrons. The minimum absolute atomic E-state index is 0.154. The summed E-state index contributed by atoms with van der Waals surface area (Å²) < 4.78 is 15.5. The van der Waals surface area contributed by atoms with Crippen molar-refractivity contribution in [3.05, 3.63) is 24.0 Å². The number of anilines is 1. The largest absolute Gasteiger partial charge is 0.301 e. The third-order valence-electron chi connectivity index (χ3n) is 3.01. The normalized spacial score (nSPS) is 11.8. The summed E-state index contributed by atoms with van der Waals surface area (Å²) in [7, 11) is 0. The first kappa shape index (κ1) is 16.8. The first-order valence-corrected chi connectivity index (χ1v) is 8.91. The molecule has 0 unspecified atom stereocenters. The van der Waals surface area contributed by atoms with E-state index in [1.807, 2.05) is 20.8 Å². The molecule has 7 nitrogen and oxygen atoms in total. The van der Waals surface area contributed by atoms with Crippen LogP contribution >= 0.6 is 23.1 Å². The third-order valence-corrected chi connectivity index (χ3v) is 4.86. The summed E-state index contributed by atoms with van der Waals surface area (Å²) in [5, 5.41) is 15.3. The Morgan fingerprint density at radius 2 is 2.21 bits per heavy atom. The van der Waals surface area contributed by atoms with E-state index in [4.69, 9.17) is 0 Å². The van der Waals surface area contributed by atoms with Gasteiger partial charge in [-0.15, -0.1) is 5.10 Å². The molecule has 0 spiro atoms. The molecule has 0 saturated carbocycles. The van der Waals surface area contributed by atoms with Gasteiger partial charge in [0.1, 0.15) is 5.82 Å². The molecular formula is C14H15FN6OS2. The number of nitrogens with zero attached hydrogens (tertiary/aromatic N) is 5. The Bertz CT molecular complexity index is 885. The first-order valence-electron chi connectivity index (χ1n) is 7.10. The van der Waals surface area contributed by atoms with Crippen molar-refractivity contribution in [3.8, 4) is 0 Å². The lowest BCUT2D eigenvalue weighted by atomic mass is 10.1. The van der Waals surface area contributed by atoms with Gasteiger partial charge < -0.3 is 5.32 Å². The first-order chi connectivity index (χ1) is 11.3. The predicted octanol–water partition coefficient (Wildman–Crippen LogP) is 2.91. The van der Waals surface area contributed by atoms with Gasteiger partial charge in [0.25, 0.3) is 0 Å². The molecule has 0 radical (unpaired) electrons. The molecule has 0 fully saturated rings. The molecule has 0 aliphatic heterocycles. The molecule has 0 bridgehead atoms. The summed E-state index contributed by atoms with van der Waals surface area (Å²) in [6, 6.07) is 4.33. The standard InChI is InChI=1S/C14H15FN6OS2/c1-14(2,3)21-13(18-19-20-21)23-7-11(22)17-12-16-9-5-4-8(15)6-10(9)24-12/h4-6H,7H2,1-3H3,(H,16,17,22). The number of tetrazole rings is 1. The number of fused-ring (bicyclic) bond motifs is 1. The van der Waals surface area contributed by atoms with Gasteiger partial charge in [0.05, 0.1) is 21.5 Å². The third kappa shape index (κ3) is 3.70. The van der Waals surface area contributed by atoms with E-state index in [1.54, 1.807) is 10.7 Å². The fourth-order valence-corrected chi connectivity index (χ4v) is 3.69. The Kier molecular flexibility index (Phi) is 4.50. The monoisotopic (exact) mass is 366 g/mol. The number of halogens is 1. The molecule has 3 aromatic rings. The number of hydrogen-bond donors (Lipinski definition) is 1. The maximum atomic E-state index is 13.2. The van der Waals surface area contributed by atoms with Crippen LogP contribution in [0.1, 0.15) is 20.8 Å². The Balaban J connectivity index is 1.64. The summed E-state index contributed by atoms with van der Waals surface area (Å²) in [5.41, 5.74) is 0.389. The van der Waals surface area contributed by atoms with Crippen LogP contribution in [0.25, 0.3) is 10.2 Å². The van der Waals surface area contributed by atoms with Gasteiger partial charge in [-0.25, -0.2) is 14.1 Å². The van der Waals surface area contributed by atoms with E-state index in [9.17, 15) is 9.18 Å². The van der Waals surface area contributed by atoms with Gasteiger partial charge in [-0.1, -0.05) is 23.1 Å². The molecular weight excluding hydrogens is 351 g/mol. The van der Waals surface area contributed by atoms with Gasteiger partial charge in [-0.3, -0.25) is 4.79 Å². The van der Waals surface area contributed by atoms with Crippen molar-refractivity contribution < 1.29 is 9.18 Å². The van der Waals surface area contributed by atoms with E-state index in [2.05, 4.69) is 25.8 Å². The van der Waals surface area contributed by atoms with Gasteiger partial charge in [0.15, 0.2) is 5.13 Å². The molecule has 2 aromatic heterocycles. The minimum Gasteiger partial charge on any atom is -0.301 e. The van der Waals surface area contributed by atoms with E-state index in [-0.39, 0.29) is 23.0 Å². The highest BCUT2D eigenvalue weighted by Crippen LogP contribution is 2.27. The molecule has 1 amide bonds. The Hall–Kier alpha value is -2.07. The molecule has 3 rings (SSSR count). The van der Waals surface area contributed by atoms with Crippen LogP contribution in [0.3, 0.4) is 0 Å². The average molecular weight is 366 g/mol. The summed E-state index contributed by atoms with van der Waals surface area (Å²) >= 11 is 2.48. The second-order valence-electron chi connectivity index (χ2n) is 6.01. The van der Waals surface area contributed by atoms with Crippen LogP contribution in [0.2, 0.25) is 0 Å². The van der Waals surface area contributed by atoms with Crippen molar-refractivity contribution in [1.29, 1.82) is 0 Å². The van der Waals surface area contributed by atoms with E-state index < -0.39 is 0 Å². The number of benzene rings is 1. The summed E-state index contributed by atoms with van der Waals surface area (Å²) in [6.07, 6.45) is 0. The van der Waals surface area contributed by atoms with Crippen LogP contribution in [-0.4, -0.2) is 36.9 Å². The van der Waals surface area contributed by atoms with E-state index >= 15 is 0 Å². The van der Waals surface area contributed by atoms with Gasteiger partial charge in [-0.2, -0.15) is 0 Å². The number of rotatable bonds is 4. The van der Waals surface area contributed by atoms with Gasteiger partial charge in [0.2, 0.25) is 11.1 Å². The van der Waals surface area contributed by atoms with Gasteiger partial charge >= 0.3 is 0 Å². The van der Waals surface area contributed by atoms with Crippen molar-refractivity contribution >= 4 is 44.4 Å². The number of aromatic nitrogens is 5. The van der Waals surface area contributed by atoms with Crippen LogP contribution in [0.15, 0.2) is 23.4 Å². The quantitative estimate of drug-likeness (QED) is 0.715. The lowest BCUT2D eigenvalue weighted by molar-refractivity contribution is -0.113. The van der Waals surface area contributed by atoms with Crippen LogP contribution in [0, 0.1) is 5.82 Å². The lowest BCUT2D eigenvalue weighted by Gasteiger charge is -2.19. The van der Waals surface area contributed by atoms with E-state index in [0.717, 1.165) is 0 Å². The zero-order valence-electron chi connectivity index (χ0n) is 13.3. The molecule has 0 atom stereocenters. The highest BCUT2D eigenvalue weighted by Gasteiger charge is 2.20. The number of carbonyl (C=O) groups is 1. The van der Waals surface area contributed by atoms with Crippen LogP contribution in [-0.2, 0) is 10.3 Å². The van der Waals surface area contributed by atoms with E-state index in [0.29, 0.717) is 20.5 Å². The maximum Gasteiger partial charge on any atom is 0.236 e. The number of hydrogen-bond acceptors (Lipinski definition) is 7. The zero-order valence-corrected chi connectivity index (χ0v) is 14.9. The van der Waals surface area contributed by atoms with Crippen LogP contribution in [0.5, 0.6) is 0 Å². The van der Waals surface area contributed by atoms with Crippen molar-refractivity contribution in [1.82, 2.24) is 25.2 Å². The van der Waals surface area contributed by atoms with Gasteiger partial charge in [0, 0.05) is 0 Å². The zero-order chi connectivity index (χ0) is 17.3. The Labute approximate surface area is 145 Å². The fraction of sp³-hybridized carbons (Fsp3) is 0.357. The number of carbonyl (C=O) groups excluding carboxylic acids is 1. The second kappa shape index (κ2) is 6.44. The molecule has 0 aliphatic carbocycles. The summed E-state index contributed by atoms with van der Waals surface area (Å²) in [4.78, 5) is 16.4. The predicted molar refractivity (Wildman–Crippen MR) is 91.7 cm³/mol. The Morgan fingerprint density at radius 3 is 2.96 bits per heavy atom. The topological polar surface area (TPSA) is 85.6 Å². The minimum atomic E-state index is -0.325. The molecule has 24 heavy (non-hydrogen) atoms. The van der Waals surface area contributed by atoms with Crippen LogP contribution in [0.4, 0.5) is 9.52 Å². The van der Waals surface area contributed by atoms with Crippen LogP contribution < -0.4 is 5.32 Å². The fourth-order valence-electron chi connectivity index (χ4n) is 1.93. The number of thiazole rings is 1. The summed E-state index contributed by atoms with van der Waals surface area (Å²) in [5.74, 6) is -0.391. The van der Waals surface area contributed by atoms with Crippen molar-refractivity contribution in [2.75, 3.05) is 11.1 Å². The van der Waals surface area contributed by atoms with Crippen molar-refractivity contribution in [3.63, 3.8) is 0 Å². The van der Waals surface area contributed by atoms with Crippen molar-refractivity contribution in [2.45, 2.75) is 31.5 Å². The molecule has 0 aliphatic rings. The molecule has 0 saturated heterocycles. The molecule has 10 heteroatoms. The lowest BCUT2D eigenvalue weighted by Crippen LogP contribution is -2.24. The highest BCUT2D eigenvalue weighted by molar-refractivity contribution is 7.99. The van der Waals surface area contributed by atoms with E-state index in [1.165, 1.54) is 35.2 Å². The number of thioether (sulfide) groups is 1. The smallest absolute Gasteiger partial charge is 0.236 e. The number of amides is 1. The molecule has 1 N–H and O–H groups in total. The summed E-state index contributed by atoms with van der Waals surface area (Å²) in [6.45, 7) is 5.94. The average Bonchev–Trinajstić information content (AvgIpc) is 3.10. The van der Waals surface area contributed by atoms with Gasteiger partial charge in [-0.05, 0) is 49.4 Å². The second-order valence-corrected chi connectivity index (χ2v) is 7.99. The Morgan fingerprint density at radius 1 is 1.42 bits per heavy atom. The molecule has 2 heterocycles. The maximum absolute atomic E-state index is 13.2. The number of nitrogens with one attached hydrogen (secondary N) is 1. The van der Waals surface area contributed by atoms with Crippen molar-refractivity contribution in [2.24, 2.45) is 0 Å².